The second kappa shape index (κ2) is 5.21. The monoisotopic (exact) mass is 296 g/mol. The molecule has 0 saturated heterocycles. The average Bonchev–Trinajstić information content (AvgIpc) is 2.32. The number of ether oxygens (including phenoxy) is 1. The summed E-state index contributed by atoms with van der Waals surface area (Å²) in [7, 11) is 0. The average molecular weight is 297 g/mol. The van der Waals surface area contributed by atoms with E-state index in [9.17, 15) is 4.79 Å². The van der Waals surface area contributed by atoms with Gasteiger partial charge in [-0.15, -0.1) is 0 Å². The third-order valence-corrected chi connectivity index (χ3v) is 3.97. The molecule has 0 N–H and O–H groups in total. The molecule has 0 amide bonds. The van der Waals surface area contributed by atoms with E-state index in [0.717, 1.165) is 23.1 Å². The fourth-order valence-corrected chi connectivity index (χ4v) is 2.76. The topological polar surface area (TPSA) is 26.3 Å². The van der Waals surface area contributed by atoms with E-state index in [1.807, 2.05) is 18.2 Å². The molecule has 1 atom stereocenters. The van der Waals surface area contributed by atoms with Crippen molar-refractivity contribution in [3.63, 3.8) is 0 Å². The van der Waals surface area contributed by atoms with Crippen LogP contribution in [0.15, 0.2) is 22.7 Å². The van der Waals surface area contributed by atoms with Gasteiger partial charge in [0.05, 0.1) is 5.56 Å². The molecule has 2 rings (SSSR count). The highest BCUT2D eigenvalue weighted by Gasteiger charge is 2.30. The van der Waals surface area contributed by atoms with Crippen molar-refractivity contribution in [1.29, 1.82) is 0 Å². The van der Waals surface area contributed by atoms with Crippen LogP contribution in [0.4, 0.5) is 0 Å². The molecule has 3 heteroatoms. The van der Waals surface area contributed by atoms with E-state index < -0.39 is 0 Å². The predicted octanol–water partition coefficient (Wildman–Crippen LogP) is 4.22. The van der Waals surface area contributed by atoms with E-state index in [2.05, 4.69) is 29.8 Å². The smallest absolute Gasteiger partial charge is 0.170 e. The first-order valence-electron chi connectivity index (χ1n) is 6.15. The summed E-state index contributed by atoms with van der Waals surface area (Å²) in [5.41, 5.74) is 0.710. The summed E-state index contributed by atoms with van der Waals surface area (Å²) < 4.78 is 6.88. The number of carbonyl (C=O) groups is 1. The molecule has 1 heterocycles. The molecule has 92 valence electrons. The normalized spacial score (nSPS) is 19.1. The molecule has 0 spiro atoms. The van der Waals surface area contributed by atoms with Crippen molar-refractivity contribution >= 4 is 21.7 Å². The third-order valence-electron chi connectivity index (χ3n) is 3.48. The van der Waals surface area contributed by atoms with Gasteiger partial charge in [-0.05, 0) is 37.0 Å². The van der Waals surface area contributed by atoms with E-state index in [0.29, 0.717) is 17.9 Å². The van der Waals surface area contributed by atoms with Crippen molar-refractivity contribution in [2.24, 2.45) is 5.92 Å². The van der Waals surface area contributed by atoms with Gasteiger partial charge in [0.15, 0.2) is 5.78 Å². The van der Waals surface area contributed by atoms with Crippen molar-refractivity contribution < 1.29 is 9.53 Å². The van der Waals surface area contributed by atoms with Gasteiger partial charge in [-0.25, -0.2) is 0 Å². The van der Waals surface area contributed by atoms with Gasteiger partial charge in [-0.3, -0.25) is 4.79 Å². The Bertz CT molecular complexity index is 424. The number of fused-ring (bicyclic) bond motifs is 1. The van der Waals surface area contributed by atoms with Gasteiger partial charge in [0.1, 0.15) is 11.9 Å². The second-order valence-corrected chi connectivity index (χ2v) is 5.42. The molecular weight excluding hydrogens is 280 g/mol. The Balaban J connectivity index is 2.27. The largest absolute Gasteiger partial charge is 0.489 e. The molecule has 0 bridgehead atoms. The molecule has 1 aromatic carbocycles. The fourth-order valence-electron chi connectivity index (χ4n) is 2.40. The lowest BCUT2D eigenvalue weighted by atomic mass is 9.89. The number of hydrogen-bond donors (Lipinski definition) is 0. The van der Waals surface area contributed by atoms with Gasteiger partial charge in [-0.2, -0.15) is 0 Å². The molecule has 1 aliphatic heterocycles. The van der Waals surface area contributed by atoms with Crippen LogP contribution in [0.1, 0.15) is 43.5 Å². The lowest BCUT2D eigenvalue weighted by Gasteiger charge is -2.30. The molecule has 0 aliphatic carbocycles. The Morgan fingerprint density at radius 1 is 1.41 bits per heavy atom. The van der Waals surface area contributed by atoms with Gasteiger partial charge in [0.2, 0.25) is 0 Å². The van der Waals surface area contributed by atoms with Crippen LogP contribution in [-0.4, -0.2) is 11.9 Å². The zero-order valence-corrected chi connectivity index (χ0v) is 11.8. The Morgan fingerprint density at radius 2 is 2.12 bits per heavy atom. The zero-order valence-electron chi connectivity index (χ0n) is 10.2. The van der Waals surface area contributed by atoms with Crippen LogP contribution >= 0.6 is 15.9 Å². The van der Waals surface area contributed by atoms with E-state index in [1.54, 1.807) is 0 Å². The summed E-state index contributed by atoms with van der Waals surface area (Å²) in [4.78, 5) is 12.1. The summed E-state index contributed by atoms with van der Waals surface area (Å²) in [5, 5.41) is 0. The minimum absolute atomic E-state index is 0.0474. The number of Topliss-reactive ketones (excluding diaryl/α,β-unsaturated/α-hetero) is 1. The minimum atomic E-state index is 0.0474. The summed E-state index contributed by atoms with van der Waals surface area (Å²) in [5.74, 6) is 1.40. The fraction of sp³-hybridized carbons (Fsp3) is 0.500. The lowest BCUT2D eigenvalue weighted by molar-refractivity contribution is 0.0716. The Labute approximate surface area is 110 Å². The zero-order chi connectivity index (χ0) is 12.4. The van der Waals surface area contributed by atoms with Gasteiger partial charge < -0.3 is 4.74 Å². The summed E-state index contributed by atoms with van der Waals surface area (Å²) in [6.45, 7) is 4.30. The number of carbonyl (C=O) groups excluding carboxylic acids is 1. The lowest BCUT2D eigenvalue weighted by Crippen LogP contribution is -2.33. The van der Waals surface area contributed by atoms with Crippen molar-refractivity contribution in [2.45, 2.75) is 39.2 Å². The number of halogens is 1. The summed E-state index contributed by atoms with van der Waals surface area (Å²) in [6.07, 6.45) is 2.67. The number of benzene rings is 1. The highest BCUT2D eigenvalue weighted by atomic mass is 79.9. The maximum atomic E-state index is 12.1. The molecule has 0 saturated carbocycles. The first kappa shape index (κ1) is 12.6. The van der Waals surface area contributed by atoms with Crippen molar-refractivity contribution in [3.05, 3.63) is 28.2 Å². The number of hydrogen-bond acceptors (Lipinski definition) is 2. The predicted molar refractivity (Wildman–Crippen MR) is 71.6 cm³/mol. The van der Waals surface area contributed by atoms with Gasteiger partial charge >= 0.3 is 0 Å². The quantitative estimate of drug-likeness (QED) is 0.835. The van der Waals surface area contributed by atoms with E-state index in [1.165, 1.54) is 0 Å². The Morgan fingerprint density at radius 3 is 2.76 bits per heavy atom. The molecule has 1 aliphatic rings. The highest BCUT2D eigenvalue weighted by molar-refractivity contribution is 9.10. The Kier molecular flexibility index (Phi) is 3.87. The Hall–Kier alpha value is -0.830. The molecule has 2 nitrogen and oxygen atoms in total. The molecule has 17 heavy (non-hydrogen) atoms. The summed E-state index contributed by atoms with van der Waals surface area (Å²) >= 11 is 3.38. The highest BCUT2D eigenvalue weighted by Crippen LogP contribution is 2.33. The van der Waals surface area contributed by atoms with Crippen molar-refractivity contribution in [2.75, 3.05) is 0 Å². The maximum absolute atomic E-state index is 12.1. The van der Waals surface area contributed by atoms with Crippen LogP contribution < -0.4 is 4.74 Å². The SMILES string of the molecule is CCC(CC)C1CC(=O)c2cc(Br)ccc2O1. The first-order valence-corrected chi connectivity index (χ1v) is 6.94. The second-order valence-electron chi connectivity index (χ2n) is 4.50. The molecule has 0 radical (unpaired) electrons. The van der Waals surface area contributed by atoms with Crippen LogP contribution in [0.2, 0.25) is 0 Å². The van der Waals surface area contributed by atoms with E-state index >= 15 is 0 Å². The van der Waals surface area contributed by atoms with Crippen LogP contribution in [0.25, 0.3) is 0 Å². The van der Waals surface area contributed by atoms with Crippen LogP contribution in [0.5, 0.6) is 5.75 Å². The number of rotatable bonds is 3. The maximum Gasteiger partial charge on any atom is 0.170 e. The molecule has 1 unspecified atom stereocenters. The van der Waals surface area contributed by atoms with Crippen LogP contribution in [-0.2, 0) is 0 Å². The number of ketones is 1. The first-order chi connectivity index (χ1) is 8.15. The van der Waals surface area contributed by atoms with E-state index in [4.69, 9.17) is 4.74 Å². The molecule has 0 fully saturated rings. The van der Waals surface area contributed by atoms with Crippen molar-refractivity contribution in [3.8, 4) is 5.75 Å². The van der Waals surface area contributed by atoms with Crippen LogP contribution in [0.3, 0.4) is 0 Å². The third kappa shape index (κ3) is 2.54. The van der Waals surface area contributed by atoms with Gasteiger partial charge in [0.25, 0.3) is 0 Å². The van der Waals surface area contributed by atoms with Gasteiger partial charge in [-0.1, -0.05) is 29.8 Å². The van der Waals surface area contributed by atoms with Crippen LogP contribution in [0, 0.1) is 5.92 Å². The standard InChI is InChI=1S/C14H17BrO2/c1-3-9(4-2)14-8-12(16)11-7-10(15)5-6-13(11)17-14/h5-7,9,14H,3-4,8H2,1-2H3. The van der Waals surface area contributed by atoms with E-state index in [-0.39, 0.29) is 11.9 Å². The molecular formula is C14H17BrO2. The summed E-state index contributed by atoms with van der Waals surface area (Å²) in [6, 6.07) is 5.65. The molecule has 1 aromatic rings. The minimum Gasteiger partial charge on any atom is -0.489 e. The van der Waals surface area contributed by atoms with Gasteiger partial charge in [0, 0.05) is 10.9 Å². The molecule has 0 aromatic heterocycles. The van der Waals surface area contributed by atoms with Crippen molar-refractivity contribution in [1.82, 2.24) is 0 Å².